The van der Waals surface area contributed by atoms with Gasteiger partial charge in [-0.1, -0.05) is 23.9 Å². The van der Waals surface area contributed by atoms with Crippen molar-refractivity contribution in [3.05, 3.63) is 60.1 Å². The molecule has 8 heteroatoms. The van der Waals surface area contributed by atoms with Crippen LogP contribution in [0, 0.1) is 0 Å². The first-order chi connectivity index (χ1) is 13.7. The van der Waals surface area contributed by atoms with E-state index in [2.05, 4.69) is 19.9 Å². The van der Waals surface area contributed by atoms with Gasteiger partial charge in [0.2, 0.25) is 0 Å². The molecule has 1 aromatic heterocycles. The van der Waals surface area contributed by atoms with Crippen molar-refractivity contribution in [3.63, 3.8) is 0 Å². The molecule has 0 bridgehead atoms. The lowest BCUT2D eigenvalue weighted by Crippen LogP contribution is -2.25. The molecule has 1 unspecified atom stereocenters. The Balaban J connectivity index is 1.50. The highest BCUT2D eigenvalue weighted by Crippen LogP contribution is 2.47. The molecule has 142 valence electrons. The van der Waals surface area contributed by atoms with Gasteiger partial charge in [0, 0.05) is 42.7 Å². The number of aromatic nitrogens is 2. The highest BCUT2D eigenvalue weighted by Gasteiger charge is 2.27. The quantitative estimate of drug-likeness (QED) is 0.856. The van der Waals surface area contributed by atoms with Crippen molar-refractivity contribution in [2.24, 2.45) is 4.99 Å². The zero-order valence-corrected chi connectivity index (χ0v) is 16.1. The lowest BCUT2D eigenvalue weighted by Gasteiger charge is -2.31. The van der Waals surface area contributed by atoms with Gasteiger partial charge in [-0.3, -0.25) is 9.89 Å². The van der Waals surface area contributed by atoms with Crippen molar-refractivity contribution in [1.82, 2.24) is 14.9 Å². The smallest absolute Gasteiger partial charge is 0.168 e. The highest BCUT2D eigenvalue weighted by molar-refractivity contribution is 7.99. The molecule has 0 fully saturated rings. The van der Waals surface area contributed by atoms with Crippen LogP contribution in [0.3, 0.4) is 0 Å². The molecule has 1 atom stereocenters. The van der Waals surface area contributed by atoms with Crippen molar-refractivity contribution in [1.29, 1.82) is 0 Å². The van der Waals surface area contributed by atoms with Gasteiger partial charge in [0.05, 0.1) is 12.2 Å². The van der Waals surface area contributed by atoms with Crippen molar-refractivity contribution in [2.75, 3.05) is 31.8 Å². The third-order valence-corrected chi connectivity index (χ3v) is 5.96. The van der Waals surface area contributed by atoms with Crippen LogP contribution in [0.1, 0.15) is 11.7 Å². The summed E-state index contributed by atoms with van der Waals surface area (Å²) in [6.07, 6.45) is 8.53. The van der Waals surface area contributed by atoms with Crippen molar-refractivity contribution in [2.45, 2.75) is 16.0 Å². The minimum Gasteiger partial charge on any atom is -0.384 e. The number of benzene rings is 1. The maximum atomic E-state index is 11.0. The van der Waals surface area contributed by atoms with Crippen LogP contribution < -0.4 is 4.90 Å². The van der Waals surface area contributed by atoms with Crippen molar-refractivity contribution < 1.29 is 9.84 Å². The second-order valence-electron chi connectivity index (χ2n) is 6.66. The fourth-order valence-corrected chi connectivity index (χ4v) is 4.55. The Morgan fingerprint density at radius 3 is 3.04 bits per heavy atom. The standard InChI is InChI=1S/C20H19N5O2S/c1-27-12-25-15-10-13(2-4-16(15)28-20-19(25)22-6-7-23-20)18(26)14-3-5-17-21-8-9-24(17)11-14/h2-7,10-11,18,26H,8-9,12H2,1H3. The van der Waals surface area contributed by atoms with Crippen LogP contribution in [0.4, 0.5) is 11.5 Å². The Morgan fingerprint density at radius 2 is 2.14 bits per heavy atom. The van der Waals surface area contributed by atoms with Crippen LogP contribution in [-0.2, 0) is 4.74 Å². The van der Waals surface area contributed by atoms with Gasteiger partial charge in [-0.2, -0.15) is 0 Å². The number of nitrogens with zero attached hydrogens (tertiary/aromatic N) is 5. The molecule has 0 aliphatic carbocycles. The predicted octanol–water partition coefficient (Wildman–Crippen LogP) is 2.88. The summed E-state index contributed by atoms with van der Waals surface area (Å²) in [5.74, 6) is 1.72. The number of ether oxygens (including phenoxy) is 1. The molecule has 5 rings (SSSR count). The monoisotopic (exact) mass is 393 g/mol. The molecule has 2 aromatic rings. The fraction of sp³-hybridized carbons (Fsp3) is 0.250. The fourth-order valence-electron chi connectivity index (χ4n) is 3.56. The number of aliphatic hydroxyl groups excluding tert-OH is 1. The maximum absolute atomic E-state index is 11.0. The Hall–Kier alpha value is -2.68. The van der Waals surface area contributed by atoms with Gasteiger partial charge in [-0.25, -0.2) is 9.97 Å². The van der Waals surface area contributed by atoms with E-state index in [1.807, 2.05) is 41.5 Å². The summed E-state index contributed by atoms with van der Waals surface area (Å²) < 4.78 is 5.40. The van der Waals surface area contributed by atoms with E-state index >= 15 is 0 Å². The molecular formula is C20H19N5O2S. The first-order valence-corrected chi connectivity index (χ1v) is 9.84. The van der Waals surface area contributed by atoms with E-state index in [4.69, 9.17) is 4.74 Å². The number of fused-ring (bicyclic) bond motifs is 3. The largest absolute Gasteiger partial charge is 0.384 e. The third-order valence-electron chi connectivity index (χ3n) is 4.91. The minimum absolute atomic E-state index is 0.356. The summed E-state index contributed by atoms with van der Waals surface area (Å²) in [5.41, 5.74) is 2.63. The first-order valence-electron chi connectivity index (χ1n) is 9.03. The van der Waals surface area contributed by atoms with Crippen molar-refractivity contribution in [3.8, 4) is 0 Å². The van der Waals surface area contributed by atoms with E-state index in [-0.39, 0.29) is 0 Å². The van der Waals surface area contributed by atoms with Gasteiger partial charge < -0.3 is 14.7 Å². The summed E-state index contributed by atoms with van der Waals surface area (Å²) in [4.78, 5) is 18.5. The Kier molecular flexibility index (Phi) is 4.38. The number of anilines is 2. The lowest BCUT2D eigenvalue weighted by molar-refractivity contribution is 0.204. The van der Waals surface area contributed by atoms with Gasteiger partial charge in [0.25, 0.3) is 0 Å². The SMILES string of the molecule is COCN1c2cc(C(O)C3=CN4CCN=C4C=C3)ccc2Sc2nccnc21. The van der Waals surface area contributed by atoms with Gasteiger partial charge in [-0.05, 0) is 23.8 Å². The summed E-state index contributed by atoms with van der Waals surface area (Å²) in [5, 5.41) is 11.9. The summed E-state index contributed by atoms with van der Waals surface area (Å²) >= 11 is 1.58. The van der Waals surface area contributed by atoms with E-state index < -0.39 is 6.10 Å². The molecule has 3 aliphatic heterocycles. The van der Waals surface area contributed by atoms with Gasteiger partial charge in [-0.15, -0.1) is 0 Å². The average molecular weight is 393 g/mol. The van der Waals surface area contributed by atoms with Gasteiger partial charge in [0.15, 0.2) is 5.82 Å². The summed E-state index contributed by atoms with van der Waals surface area (Å²) in [6.45, 7) is 2.00. The second kappa shape index (κ2) is 7.05. The molecule has 1 N–H and O–H groups in total. The molecule has 28 heavy (non-hydrogen) atoms. The highest BCUT2D eigenvalue weighted by atomic mass is 32.2. The normalized spacial score (nSPS) is 18.2. The van der Waals surface area contributed by atoms with E-state index in [1.54, 1.807) is 31.3 Å². The molecule has 0 saturated carbocycles. The number of aliphatic imine (C=N–C) groups is 1. The predicted molar refractivity (Wildman–Crippen MR) is 108 cm³/mol. The van der Waals surface area contributed by atoms with E-state index in [0.29, 0.717) is 6.73 Å². The third kappa shape index (κ3) is 2.90. The van der Waals surface area contributed by atoms with Crippen LogP contribution in [0.25, 0.3) is 0 Å². The van der Waals surface area contributed by atoms with E-state index in [9.17, 15) is 5.11 Å². The van der Waals surface area contributed by atoms with E-state index in [0.717, 1.165) is 51.5 Å². The first kappa shape index (κ1) is 17.4. The Labute approximate surface area is 167 Å². The minimum atomic E-state index is -0.721. The number of rotatable bonds is 4. The second-order valence-corrected chi connectivity index (χ2v) is 7.69. The van der Waals surface area contributed by atoms with Crippen molar-refractivity contribution >= 4 is 29.1 Å². The number of hydrogen-bond acceptors (Lipinski definition) is 8. The number of aliphatic hydroxyl groups is 1. The van der Waals surface area contributed by atoms with Crippen LogP contribution in [0.5, 0.6) is 0 Å². The maximum Gasteiger partial charge on any atom is 0.168 e. The van der Waals surface area contributed by atoms with Crippen LogP contribution in [-0.4, -0.2) is 52.7 Å². The molecule has 7 nitrogen and oxygen atoms in total. The molecule has 3 aliphatic rings. The Bertz CT molecular complexity index is 1020. The lowest BCUT2D eigenvalue weighted by atomic mass is 9.99. The molecule has 0 saturated heterocycles. The number of amidine groups is 1. The zero-order valence-electron chi connectivity index (χ0n) is 15.3. The Morgan fingerprint density at radius 1 is 1.25 bits per heavy atom. The number of methoxy groups -OCH3 is 1. The molecule has 0 radical (unpaired) electrons. The van der Waals surface area contributed by atoms with Crippen LogP contribution in [0.15, 0.2) is 69.4 Å². The summed E-state index contributed by atoms with van der Waals surface area (Å²) in [6, 6.07) is 5.99. The zero-order chi connectivity index (χ0) is 19.1. The van der Waals surface area contributed by atoms with Crippen LogP contribution >= 0.6 is 11.8 Å². The molecule has 0 amide bonds. The van der Waals surface area contributed by atoms with E-state index in [1.165, 1.54) is 0 Å². The molecule has 4 heterocycles. The number of hydrogen-bond donors (Lipinski definition) is 1. The summed E-state index contributed by atoms with van der Waals surface area (Å²) in [7, 11) is 1.66. The molecule has 1 aromatic carbocycles. The van der Waals surface area contributed by atoms with Gasteiger partial charge >= 0.3 is 0 Å². The average Bonchev–Trinajstić information content (AvgIpc) is 3.21. The molecule has 0 spiro atoms. The topological polar surface area (TPSA) is 74.1 Å². The van der Waals surface area contributed by atoms with Crippen LogP contribution in [0.2, 0.25) is 0 Å². The molecular weight excluding hydrogens is 374 g/mol. The van der Waals surface area contributed by atoms with Gasteiger partial charge in [0.1, 0.15) is 23.7 Å².